The quantitative estimate of drug-likeness (QED) is 0.252. The van der Waals surface area contributed by atoms with E-state index in [0.717, 1.165) is 0 Å². The van der Waals surface area contributed by atoms with E-state index < -0.39 is 8.34 Å². The summed E-state index contributed by atoms with van der Waals surface area (Å²) in [6, 6.07) is 0. The number of hydrogen-bond donors (Lipinski definition) is 0. The predicted octanol–water partition coefficient (Wildman–Crippen LogP) is -3.56. The molecule has 0 bridgehead atoms. The second-order valence-electron chi connectivity index (χ2n) is 0.0745. The van der Waals surface area contributed by atoms with Crippen LogP contribution in [0.25, 0.3) is 0 Å². The van der Waals surface area contributed by atoms with E-state index in [0.29, 0.717) is 0 Å². The SMILES string of the molecule is O=[P-]=O.[AlH3].[K+]. The summed E-state index contributed by atoms with van der Waals surface area (Å²) in [5.41, 5.74) is 0. The molecule has 0 rings (SSSR count). The summed E-state index contributed by atoms with van der Waals surface area (Å²) in [5.74, 6) is 0. The van der Waals surface area contributed by atoms with Crippen molar-refractivity contribution in [2.45, 2.75) is 0 Å². The summed E-state index contributed by atoms with van der Waals surface area (Å²) in [4.78, 5) is 0. The maximum absolute atomic E-state index is 8.35. The summed E-state index contributed by atoms with van der Waals surface area (Å²) in [6.07, 6.45) is 0. The molecule has 24 valence electrons. The first kappa shape index (κ1) is 15.7. The number of hydrogen-bond acceptors (Lipinski definition) is 2. The second-order valence-corrected chi connectivity index (χ2v) is 0.224. The van der Waals surface area contributed by atoms with Crippen molar-refractivity contribution in [1.82, 2.24) is 0 Å². The van der Waals surface area contributed by atoms with E-state index in [-0.39, 0.29) is 68.7 Å². The van der Waals surface area contributed by atoms with Crippen molar-refractivity contribution >= 4 is 25.7 Å². The fraction of sp³-hybridized carbons (Fsp3) is 0. The Labute approximate surface area is 84.5 Å². The normalized spacial score (nSPS) is 2.40. The summed E-state index contributed by atoms with van der Waals surface area (Å²) in [5, 5.41) is 0. The zero-order chi connectivity index (χ0) is 2.71. The molecule has 0 spiro atoms. The van der Waals surface area contributed by atoms with Gasteiger partial charge in [0.25, 0.3) is 0 Å². The topological polar surface area (TPSA) is 34.1 Å². The van der Waals surface area contributed by atoms with Gasteiger partial charge in [0.05, 0.1) is 0 Å². The van der Waals surface area contributed by atoms with Crippen molar-refractivity contribution in [3.8, 4) is 0 Å². The summed E-state index contributed by atoms with van der Waals surface area (Å²) >= 11 is 0. The minimum Gasteiger partial charge on any atom is -0.474 e. The first-order valence-corrected chi connectivity index (χ1v) is 1.10. The molecule has 0 aromatic carbocycles. The molecule has 0 amide bonds. The molecule has 2 nitrogen and oxygen atoms in total. The monoisotopic (exact) mass is 132 g/mol. The van der Waals surface area contributed by atoms with Gasteiger partial charge in [-0.2, -0.15) is 0 Å². The van der Waals surface area contributed by atoms with E-state index in [1.54, 1.807) is 0 Å². The minimum atomic E-state index is -1.08. The van der Waals surface area contributed by atoms with Crippen LogP contribution in [0.2, 0.25) is 0 Å². The molecule has 0 saturated carbocycles. The van der Waals surface area contributed by atoms with Gasteiger partial charge in [-0.15, -0.1) is 0 Å². The van der Waals surface area contributed by atoms with Crippen molar-refractivity contribution in [1.29, 1.82) is 0 Å². The molecule has 5 heavy (non-hydrogen) atoms. The first-order chi connectivity index (χ1) is 1.41. The molecule has 0 unspecified atom stereocenters. The van der Waals surface area contributed by atoms with Crippen LogP contribution in [0.4, 0.5) is 0 Å². The standard InChI is InChI=1S/Al.K.O2P.3H/c;;1-3-2;;;/q;+1;-1;;;. The van der Waals surface area contributed by atoms with Gasteiger partial charge in [-0.25, -0.2) is 0 Å². The van der Waals surface area contributed by atoms with Gasteiger partial charge in [-0.1, -0.05) is 8.34 Å². The smallest absolute Gasteiger partial charge is 0.474 e. The number of rotatable bonds is 0. The zero-order valence-electron chi connectivity index (χ0n) is 2.26. The van der Waals surface area contributed by atoms with Gasteiger partial charge in [0.15, 0.2) is 17.4 Å². The van der Waals surface area contributed by atoms with Crippen LogP contribution in [0.3, 0.4) is 0 Å². The molecule has 0 aromatic rings. The minimum absolute atomic E-state index is 0. The van der Waals surface area contributed by atoms with Crippen molar-refractivity contribution in [3.05, 3.63) is 0 Å². The Balaban J connectivity index is -0.0000000200. The van der Waals surface area contributed by atoms with Gasteiger partial charge in [0.2, 0.25) is 0 Å². The Morgan fingerprint density at radius 3 is 1.20 bits per heavy atom. The maximum atomic E-state index is 8.35. The Hall–Kier alpha value is 2.07. The van der Waals surface area contributed by atoms with Crippen LogP contribution >= 0.6 is 8.34 Å². The molecule has 0 N–H and O–H groups in total. The van der Waals surface area contributed by atoms with Crippen LogP contribution in [-0.2, 0) is 9.13 Å². The van der Waals surface area contributed by atoms with Gasteiger partial charge in [-0.05, 0) is 0 Å². The van der Waals surface area contributed by atoms with Crippen molar-refractivity contribution in [3.63, 3.8) is 0 Å². The van der Waals surface area contributed by atoms with Crippen LogP contribution in [0, 0.1) is 0 Å². The summed E-state index contributed by atoms with van der Waals surface area (Å²) < 4.78 is 16.7. The molecule has 0 aliphatic rings. The Bertz CT molecular complexity index is 30.6. The molecule has 0 aliphatic carbocycles. The molecule has 0 aromatic heterocycles. The van der Waals surface area contributed by atoms with E-state index in [2.05, 4.69) is 0 Å². The van der Waals surface area contributed by atoms with Crippen LogP contribution in [-0.4, -0.2) is 17.4 Å². The van der Waals surface area contributed by atoms with Crippen LogP contribution < -0.4 is 51.4 Å². The third kappa shape index (κ3) is 23.5. The molecule has 0 aliphatic heterocycles. The molecule has 0 atom stereocenters. The van der Waals surface area contributed by atoms with Crippen molar-refractivity contribution < 1.29 is 60.5 Å². The zero-order valence-corrected chi connectivity index (χ0v) is 6.28. The third-order valence-corrected chi connectivity index (χ3v) is 0. The fourth-order valence-electron chi connectivity index (χ4n) is 0. The van der Waals surface area contributed by atoms with Crippen LogP contribution in [0.15, 0.2) is 0 Å². The van der Waals surface area contributed by atoms with Crippen molar-refractivity contribution in [2.75, 3.05) is 0 Å². The third-order valence-electron chi connectivity index (χ3n) is 0. The Kier molecular flexibility index (Phi) is 52.1. The maximum Gasteiger partial charge on any atom is 1.00 e. The Morgan fingerprint density at radius 1 is 1.20 bits per heavy atom. The average Bonchev–Trinajstić information content (AvgIpc) is 0.918. The van der Waals surface area contributed by atoms with Gasteiger partial charge in [0, 0.05) is 0 Å². The molecule has 5 heteroatoms. The molecular weight excluding hydrogens is 129 g/mol. The van der Waals surface area contributed by atoms with Crippen molar-refractivity contribution in [2.24, 2.45) is 0 Å². The molecule has 0 fully saturated rings. The average molecular weight is 132 g/mol. The van der Waals surface area contributed by atoms with Gasteiger partial charge >= 0.3 is 51.4 Å². The van der Waals surface area contributed by atoms with Gasteiger partial charge < -0.3 is 9.13 Å². The van der Waals surface area contributed by atoms with Gasteiger partial charge in [0.1, 0.15) is 0 Å². The summed E-state index contributed by atoms with van der Waals surface area (Å²) in [7, 11) is -1.08. The van der Waals surface area contributed by atoms with Gasteiger partial charge in [-0.3, -0.25) is 0 Å². The predicted molar refractivity (Wildman–Crippen MR) is 18.2 cm³/mol. The van der Waals surface area contributed by atoms with E-state index >= 15 is 0 Å². The van der Waals surface area contributed by atoms with E-state index in [1.807, 2.05) is 0 Å². The molecule has 0 saturated heterocycles. The van der Waals surface area contributed by atoms with E-state index in [4.69, 9.17) is 9.13 Å². The van der Waals surface area contributed by atoms with Crippen LogP contribution in [0.5, 0.6) is 0 Å². The molecule has 0 heterocycles. The second kappa shape index (κ2) is 16.6. The fourth-order valence-corrected chi connectivity index (χ4v) is 0. The molecule has 0 radical (unpaired) electrons. The molecular formula is H3AlKO2P. The summed E-state index contributed by atoms with van der Waals surface area (Å²) in [6.45, 7) is 0. The van der Waals surface area contributed by atoms with E-state index in [9.17, 15) is 0 Å². The largest absolute Gasteiger partial charge is 1.00 e. The van der Waals surface area contributed by atoms with E-state index in [1.165, 1.54) is 0 Å². The Morgan fingerprint density at radius 2 is 1.20 bits per heavy atom. The first-order valence-electron chi connectivity index (χ1n) is 0.365. The van der Waals surface area contributed by atoms with Crippen LogP contribution in [0.1, 0.15) is 0 Å².